The van der Waals surface area contributed by atoms with Gasteiger partial charge in [-0.3, -0.25) is 10.1 Å². The van der Waals surface area contributed by atoms with Gasteiger partial charge in [0, 0.05) is 5.56 Å². The number of amides is 1. The Kier molecular flexibility index (Phi) is 6.36. The summed E-state index contributed by atoms with van der Waals surface area (Å²) in [6.07, 6.45) is 0. The average molecular weight is 508 g/mol. The molecule has 0 aliphatic carbocycles. The third-order valence-corrected chi connectivity index (χ3v) is 6.88. The molecular formula is C21H12ClF2N3O4S2. The number of aromatic nitrogens is 2. The fourth-order valence-electron chi connectivity index (χ4n) is 2.74. The van der Waals surface area contributed by atoms with Crippen LogP contribution in [0.4, 0.5) is 13.9 Å². The molecule has 4 rings (SSSR count). The lowest BCUT2D eigenvalue weighted by atomic mass is 10.2. The van der Waals surface area contributed by atoms with E-state index >= 15 is 0 Å². The summed E-state index contributed by atoms with van der Waals surface area (Å²) in [4.78, 5) is 12.0. The van der Waals surface area contributed by atoms with Gasteiger partial charge in [-0.25, -0.2) is 8.78 Å². The highest BCUT2D eigenvalue weighted by molar-refractivity contribution is 7.87. The Bertz CT molecular complexity index is 1420. The number of hydrogen-bond donors (Lipinski definition) is 1. The van der Waals surface area contributed by atoms with Crippen LogP contribution in [0.25, 0.3) is 10.6 Å². The molecule has 1 N–H and O–H groups in total. The van der Waals surface area contributed by atoms with Crippen LogP contribution in [0.2, 0.25) is 5.02 Å². The van der Waals surface area contributed by atoms with Crippen LogP contribution >= 0.6 is 22.9 Å². The molecule has 0 unspecified atom stereocenters. The van der Waals surface area contributed by atoms with Gasteiger partial charge in [0.15, 0.2) is 0 Å². The Hall–Kier alpha value is -3.41. The van der Waals surface area contributed by atoms with E-state index in [9.17, 15) is 22.0 Å². The summed E-state index contributed by atoms with van der Waals surface area (Å²) in [5.41, 5.74) is -0.178. The monoisotopic (exact) mass is 507 g/mol. The van der Waals surface area contributed by atoms with Crippen LogP contribution < -0.4 is 9.50 Å². The largest absolute Gasteiger partial charge is 0.379 e. The molecule has 0 fully saturated rings. The second-order valence-electron chi connectivity index (χ2n) is 6.46. The van der Waals surface area contributed by atoms with Crippen LogP contribution in [0.15, 0.2) is 71.6 Å². The Morgan fingerprint density at radius 3 is 2.27 bits per heavy atom. The van der Waals surface area contributed by atoms with Crippen LogP contribution in [-0.4, -0.2) is 24.5 Å². The van der Waals surface area contributed by atoms with Gasteiger partial charge in [0.05, 0.1) is 5.02 Å². The molecule has 1 aromatic heterocycles. The van der Waals surface area contributed by atoms with Crippen molar-refractivity contribution in [3.05, 3.63) is 89.0 Å². The summed E-state index contributed by atoms with van der Waals surface area (Å²) in [5, 5.41) is 10.5. The normalized spacial score (nSPS) is 11.2. The zero-order valence-electron chi connectivity index (χ0n) is 16.3. The lowest BCUT2D eigenvalue weighted by Gasteiger charge is -2.08. The highest BCUT2D eigenvalue weighted by Crippen LogP contribution is 2.30. The fourth-order valence-corrected chi connectivity index (χ4v) is 4.91. The molecule has 0 atom stereocenters. The minimum Gasteiger partial charge on any atom is -0.379 e. The molecule has 12 heteroatoms. The summed E-state index contributed by atoms with van der Waals surface area (Å²) < 4.78 is 57.5. The number of nitrogens with one attached hydrogen (secondary N) is 1. The van der Waals surface area contributed by atoms with Crippen molar-refractivity contribution in [2.45, 2.75) is 4.90 Å². The minimum atomic E-state index is -4.13. The summed E-state index contributed by atoms with van der Waals surface area (Å²) in [6.45, 7) is 0. The smallest absolute Gasteiger partial charge is 0.340 e. The van der Waals surface area contributed by atoms with Crippen LogP contribution in [0.5, 0.6) is 5.75 Å². The zero-order chi connectivity index (χ0) is 23.6. The van der Waals surface area contributed by atoms with Gasteiger partial charge in [0.2, 0.25) is 5.13 Å². The Balaban J connectivity index is 1.48. The van der Waals surface area contributed by atoms with Gasteiger partial charge < -0.3 is 4.18 Å². The Morgan fingerprint density at radius 2 is 1.61 bits per heavy atom. The minimum absolute atomic E-state index is 0.0271. The van der Waals surface area contributed by atoms with Gasteiger partial charge >= 0.3 is 10.1 Å². The zero-order valence-corrected chi connectivity index (χ0v) is 18.7. The molecule has 1 heterocycles. The summed E-state index contributed by atoms with van der Waals surface area (Å²) in [6, 6.07) is 14.9. The highest BCUT2D eigenvalue weighted by atomic mass is 35.5. The SMILES string of the molecule is O=C(Nc1nnc(-c2ccc(OS(=O)(=O)c3ccccc3Cl)cc2)s1)c1c(F)cccc1F. The standard InChI is InChI=1S/C21H12ClF2N3O4S2/c22-14-4-1-2-7-17(14)33(29,30)31-13-10-8-12(9-11-13)20-26-27-21(32-20)25-19(28)18-15(23)5-3-6-16(18)24/h1-11H,(H,25,27,28). The van der Waals surface area contributed by atoms with Gasteiger partial charge in [0.25, 0.3) is 5.91 Å². The molecule has 33 heavy (non-hydrogen) atoms. The molecule has 0 bridgehead atoms. The lowest BCUT2D eigenvalue weighted by molar-refractivity contribution is 0.101. The average Bonchev–Trinajstić information content (AvgIpc) is 3.22. The van der Waals surface area contributed by atoms with Crippen molar-refractivity contribution in [3.63, 3.8) is 0 Å². The van der Waals surface area contributed by atoms with E-state index in [1.807, 2.05) is 0 Å². The summed E-state index contributed by atoms with van der Waals surface area (Å²) >= 11 is 6.89. The maximum absolute atomic E-state index is 13.8. The van der Waals surface area contributed by atoms with E-state index in [0.29, 0.717) is 10.6 Å². The Morgan fingerprint density at radius 1 is 0.939 bits per heavy atom. The molecule has 0 spiro atoms. The predicted molar refractivity (Wildman–Crippen MR) is 119 cm³/mol. The maximum atomic E-state index is 13.8. The third kappa shape index (κ3) is 5.00. The molecular weight excluding hydrogens is 496 g/mol. The van der Waals surface area contributed by atoms with Crippen LogP contribution in [0, 0.1) is 11.6 Å². The number of nitrogens with zero attached hydrogens (tertiary/aromatic N) is 2. The first kappa shape index (κ1) is 22.8. The van der Waals surface area contributed by atoms with Gasteiger partial charge in [-0.1, -0.05) is 41.1 Å². The second kappa shape index (κ2) is 9.22. The molecule has 1 amide bonds. The molecule has 0 saturated heterocycles. The van der Waals surface area contributed by atoms with Crippen molar-refractivity contribution in [1.82, 2.24) is 10.2 Å². The van der Waals surface area contributed by atoms with E-state index < -0.39 is 33.2 Å². The van der Waals surface area contributed by atoms with Crippen molar-refractivity contribution in [3.8, 4) is 16.3 Å². The number of rotatable bonds is 6. The van der Waals surface area contributed by atoms with Crippen LogP contribution in [-0.2, 0) is 10.1 Å². The van der Waals surface area contributed by atoms with Gasteiger partial charge in [-0.2, -0.15) is 8.42 Å². The van der Waals surface area contributed by atoms with Crippen molar-refractivity contribution in [2.75, 3.05) is 5.32 Å². The Labute approximate surface area is 195 Å². The number of halogens is 3. The predicted octanol–water partition coefficient (Wildman–Crippen LogP) is 5.16. The number of benzene rings is 3. The highest BCUT2D eigenvalue weighted by Gasteiger charge is 2.21. The maximum Gasteiger partial charge on any atom is 0.340 e. The van der Waals surface area contributed by atoms with Gasteiger partial charge in [-0.05, 0) is 48.5 Å². The second-order valence-corrected chi connectivity index (χ2v) is 9.35. The summed E-state index contributed by atoms with van der Waals surface area (Å²) in [5.74, 6) is -2.95. The molecule has 0 aliphatic rings. The molecule has 3 aromatic carbocycles. The van der Waals surface area contributed by atoms with E-state index in [1.165, 1.54) is 30.3 Å². The fraction of sp³-hybridized carbons (Fsp3) is 0. The lowest BCUT2D eigenvalue weighted by Crippen LogP contribution is -2.15. The van der Waals surface area contributed by atoms with E-state index in [4.69, 9.17) is 15.8 Å². The van der Waals surface area contributed by atoms with Crippen LogP contribution in [0.3, 0.4) is 0 Å². The van der Waals surface area contributed by atoms with Crippen molar-refractivity contribution < 1.29 is 26.2 Å². The van der Waals surface area contributed by atoms with E-state index in [0.717, 1.165) is 29.5 Å². The molecule has 168 valence electrons. The first-order chi connectivity index (χ1) is 15.7. The number of anilines is 1. The molecule has 7 nitrogen and oxygen atoms in total. The molecule has 0 aliphatic heterocycles. The van der Waals surface area contributed by atoms with E-state index in [-0.39, 0.29) is 20.8 Å². The first-order valence-electron chi connectivity index (χ1n) is 9.13. The molecule has 0 saturated carbocycles. The summed E-state index contributed by atoms with van der Waals surface area (Å²) in [7, 11) is -4.13. The molecule has 4 aromatic rings. The quantitative estimate of drug-likeness (QED) is 0.362. The number of carbonyl (C=O) groups is 1. The third-order valence-electron chi connectivity index (χ3n) is 4.25. The number of hydrogen-bond acceptors (Lipinski definition) is 7. The van der Waals surface area contributed by atoms with Crippen molar-refractivity contribution in [2.24, 2.45) is 0 Å². The van der Waals surface area contributed by atoms with E-state index in [1.54, 1.807) is 18.2 Å². The van der Waals surface area contributed by atoms with Crippen molar-refractivity contribution in [1.29, 1.82) is 0 Å². The van der Waals surface area contributed by atoms with Crippen LogP contribution in [0.1, 0.15) is 10.4 Å². The van der Waals surface area contributed by atoms with Gasteiger partial charge in [0.1, 0.15) is 32.9 Å². The van der Waals surface area contributed by atoms with Gasteiger partial charge in [-0.15, -0.1) is 10.2 Å². The number of carbonyl (C=O) groups excluding carboxylic acids is 1. The topological polar surface area (TPSA) is 98.2 Å². The van der Waals surface area contributed by atoms with Crippen molar-refractivity contribution >= 4 is 44.1 Å². The first-order valence-corrected chi connectivity index (χ1v) is 11.7. The van der Waals surface area contributed by atoms with E-state index in [2.05, 4.69) is 15.5 Å². The molecule has 0 radical (unpaired) electrons.